The van der Waals surface area contributed by atoms with Crippen molar-refractivity contribution < 1.29 is 19.4 Å². The number of hydrogen-bond donors (Lipinski definition) is 2. The second-order valence-corrected chi connectivity index (χ2v) is 9.76. The van der Waals surface area contributed by atoms with Crippen LogP contribution < -0.4 is 15.0 Å². The Balaban J connectivity index is 1.76. The number of nitrogens with one attached hydrogen (secondary N) is 1. The van der Waals surface area contributed by atoms with Gasteiger partial charge in [0.15, 0.2) is 11.6 Å². The number of fused-ring (bicyclic) bond motifs is 1. The van der Waals surface area contributed by atoms with E-state index < -0.39 is 17.1 Å². The number of anilines is 3. The van der Waals surface area contributed by atoms with E-state index in [4.69, 9.17) is 9.47 Å². The number of aromatic nitrogens is 3. The Morgan fingerprint density at radius 3 is 2.72 bits per heavy atom. The van der Waals surface area contributed by atoms with Crippen molar-refractivity contribution >= 4 is 23.5 Å². The molecule has 36 heavy (non-hydrogen) atoms. The van der Waals surface area contributed by atoms with E-state index in [-0.39, 0.29) is 18.7 Å². The average molecular weight is 489 g/mol. The molecule has 2 N–H and O–H groups in total. The van der Waals surface area contributed by atoms with Crippen LogP contribution in [0.5, 0.6) is 5.75 Å². The molecule has 1 amide bonds. The summed E-state index contributed by atoms with van der Waals surface area (Å²) in [7, 11) is 1.55. The molecule has 2 aromatic heterocycles. The second kappa shape index (κ2) is 9.43. The first-order valence-electron chi connectivity index (χ1n) is 11.4. The maximum absolute atomic E-state index is 13.0. The number of aliphatic hydroxyl groups excluding tert-OH is 1. The number of ether oxygens (including phenoxy) is 2. The third kappa shape index (κ3) is 4.78. The number of amides is 1. The van der Waals surface area contributed by atoms with Crippen LogP contribution in [0.3, 0.4) is 0 Å². The lowest BCUT2D eigenvalue weighted by molar-refractivity contribution is 0.0575. The zero-order chi connectivity index (χ0) is 26.1. The van der Waals surface area contributed by atoms with Gasteiger partial charge in [-0.15, -0.1) is 0 Å². The van der Waals surface area contributed by atoms with Gasteiger partial charge in [-0.25, -0.2) is 19.7 Å². The Labute approximate surface area is 209 Å². The van der Waals surface area contributed by atoms with Crippen molar-refractivity contribution in [3.8, 4) is 23.1 Å². The molecule has 0 saturated carbocycles. The van der Waals surface area contributed by atoms with Crippen LogP contribution in [0, 0.1) is 11.3 Å². The first kappa shape index (κ1) is 24.9. The van der Waals surface area contributed by atoms with Gasteiger partial charge >= 0.3 is 6.09 Å². The molecular formula is C26H28N6O4. The summed E-state index contributed by atoms with van der Waals surface area (Å²) in [5.74, 6) is 1.30. The summed E-state index contributed by atoms with van der Waals surface area (Å²) in [5, 5.41) is 23.3. The van der Waals surface area contributed by atoms with E-state index in [1.807, 2.05) is 13.0 Å². The third-order valence-corrected chi connectivity index (χ3v) is 5.79. The fourth-order valence-corrected chi connectivity index (χ4v) is 4.07. The number of nitriles is 1. The lowest BCUT2D eigenvalue weighted by Gasteiger charge is -2.26. The summed E-state index contributed by atoms with van der Waals surface area (Å²) in [5.41, 5.74) is 1.10. The minimum Gasteiger partial charge on any atom is -0.493 e. The van der Waals surface area contributed by atoms with Gasteiger partial charge in [0.25, 0.3) is 0 Å². The summed E-state index contributed by atoms with van der Waals surface area (Å²) >= 11 is 0. The van der Waals surface area contributed by atoms with Crippen molar-refractivity contribution in [2.45, 2.75) is 38.7 Å². The summed E-state index contributed by atoms with van der Waals surface area (Å²) < 4.78 is 10.9. The van der Waals surface area contributed by atoms with Crippen molar-refractivity contribution in [2.75, 3.05) is 30.5 Å². The van der Waals surface area contributed by atoms with E-state index in [0.717, 1.165) is 0 Å². The Hall–Kier alpha value is -4.23. The first-order chi connectivity index (χ1) is 17.1. The molecule has 1 aliphatic rings. The SMILES string of the molecule is COc1cccnc1Nc1nccc(-c2cc(C#N)c3c(c2)[C@@](C)(CO)CN3C(=O)OC(C)(C)C)n1. The molecule has 0 spiro atoms. The molecule has 3 aromatic rings. The first-order valence-corrected chi connectivity index (χ1v) is 11.4. The van der Waals surface area contributed by atoms with Crippen molar-refractivity contribution in [2.24, 2.45) is 0 Å². The molecule has 0 fully saturated rings. The average Bonchev–Trinajstić information content (AvgIpc) is 3.16. The quantitative estimate of drug-likeness (QED) is 0.543. The van der Waals surface area contributed by atoms with Crippen molar-refractivity contribution in [1.29, 1.82) is 5.26 Å². The Kier molecular flexibility index (Phi) is 6.52. The van der Waals surface area contributed by atoms with Crippen LogP contribution in [0.4, 0.5) is 22.2 Å². The van der Waals surface area contributed by atoms with Gasteiger partial charge in [0, 0.05) is 29.9 Å². The number of benzene rings is 1. The van der Waals surface area contributed by atoms with Crippen LogP contribution in [-0.4, -0.2) is 52.0 Å². The highest BCUT2D eigenvalue weighted by molar-refractivity contribution is 5.95. The molecule has 1 aliphatic heterocycles. The summed E-state index contributed by atoms with van der Waals surface area (Å²) in [6.07, 6.45) is 2.65. The normalized spacial score (nSPS) is 16.8. The zero-order valence-corrected chi connectivity index (χ0v) is 20.9. The van der Waals surface area contributed by atoms with E-state index in [1.54, 1.807) is 64.5 Å². The number of nitrogens with zero attached hydrogens (tertiary/aromatic N) is 5. The van der Waals surface area contributed by atoms with Gasteiger partial charge in [0.1, 0.15) is 11.7 Å². The van der Waals surface area contributed by atoms with Crippen molar-refractivity contribution in [3.63, 3.8) is 0 Å². The minimum atomic E-state index is -0.788. The highest BCUT2D eigenvalue weighted by atomic mass is 16.6. The molecule has 10 heteroatoms. The van der Waals surface area contributed by atoms with E-state index in [1.165, 1.54) is 4.90 Å². The third-order valence-electron chi connectivity index (χ3n) is 5.79. The van der Waals surface area contributed by atoms with Crippen LogP contribution >= 0.6 is 0 Å². The molecule has 3 heterocycles. The standard InChI is InChI=1S/C26H28N6O4/c1-25(2,3)36-24(34)32-14-26(4,15-33)18-12-16(11-17(13-27)21(18)32)19-8-10-29-23(30-19)31-22-20(35-5)7-6-9-28-22/h6-12,33H,14-15H2,1-5H3,(H,28,29,30,31)/t26-/m1/s1. The van der Waals surface area contributed by atoms with Crippen LogP contribution in [-0.2, 0) is 10.2 Å². The Morgan fingerprint density at radius 2 is 2.06 bits per heavy atom. The van der Waals surface area contributed by atoms with Gasteiger partial charge in [-0.1, -0.05) is 6.92 Å². The molecule has 1 atom stereocenters. The molecule has 0 aliphatic carbocycles. The molecule has 0 saturated heterocycles. The molecule has 1 aromatic carbocycles. The number of aliphatic hydroxyl groups is 1. The van der Waals surface area contributed by atoms with Gasteiger partial charge in [-0.2, -0.15) is 5.26 Å². The van der Waals surface area contributed by atoms with Crippen LogP contribution in [0.25, 0.3) is 11.3 Å². The molecular weight excluding hydrogens is 460 g/mol. The molecule has 0 radical (unpaired) electrons. The Bertz CT molecular complexity index is 1350. The predicted octanol–water partition coefficient (Wildman–Crippen LogP) is 4.17. The van der Waals surface area contributed by atoms with Gasteiger partial charge < -0.3 is 19.9 Å². The van der Waals surface area contributed by atoms with Gasteiger partial charge in [0.2, 0.25) is 5.95 Å². The smallest absolute Gasteiger partial charge is 0.414 e. The number of hydrogen-bond acceptors (Lipinski definition) is 9. The van der Waals surface area contributed by atoms with E-state index >= 15 is 0 Å². The molecule has 0 unspecified atom stereocenters. The maximum Gasteiger partial charge on any atom is 0.414 e. The predicted molar refractivity (Wildman–Crippen MR) is 134 cm³/mol. The van der Waals surface area contributed by atoms with Gasteiger partial charge in [-0.05, 0) is 56.7 Å². The lowest BCUT2D eigenvalue weighted by atomic mass is 9.83. The fourth-order valence-electron chi connectivity index (χ4n) is 4.07. The number of pyridine rings is 1. The number of rotatable bonds is 5. The summed E-state index contributed by atoms with van der Waals surface area (Å²) in [6.45, 7) is 7.15. The monoisotopic (exact) mass is 488 g/mol. The van der Waals surface area contributed by atoms with Crippen molar-refractivity contribution in [1.82, 2.24) is 15.0 Å². The van der Waals surface area contributed by atoms with E-state index in [2.05, 4.69) is 26.3 Å². The summed E-state index contributed by atoms with van der Waals surface area (Å²) in [6, 6.07) is 11.0. The number of methoxy groups -OCH3 is 1. The lowest BCUT2D eigenvalue weighted by Crippen LogP contribution is -2.40. The molecule has 4 rings (SSSR count). The van der Waals surface area contributed by atoms with E-state index in [9.17, 15) is 15.2 Å². The highest BCUT2D eigenvalue weighted by Gasteiger charge is 2.44. The number of carbonyl (C=O) groups excluding carboxylic acids is 1. The van der Waals surface area contributed by atoms with Crippen LogP contribution in [0.1, 0.15) is 38.8 Å². The van der Waals surface area contributed by atoms with Gasteiger partial charge in [0.05, 0.1) is 30.7 Å². The van der Waals surface area contributed by atoms with Crippen molar-refractivity contribution in [3.05, 3.63) is 53.9 Å². The highest BCUT2D eigenvalue weighted by Crippen LogP contribution is 2.45. The minimum absolute atomic E-state index is 0.182. The largest absolute Gasteiger partial charge is 0.493 e. The maximum atomic E-state index is 13.0. The topological polar surface area (TPSA) is 133 Å². The van der Waals surface area contributed by atoms with Crippen LogP contribution in [0.2, 0.25) is 0 Å². The van der Waals surface area contributed by atoms with E-state index in [0.29, 0.717) is 40.0 Å². The molecule has 10 nitrogen and oxygen atoms in total. The summed E-state index contributed by atoms with van der Waals surface area (Å²) in [4.78, 5) is 27.6. The Morgan fingerprint density at radius 1 is 1.28 bits per heavy atom. The molecule has 186 valence electrons. The molecule has 0 bridgehead atoms. The van der Waals surface area contributed by atoms with Gasteiger partial charge in [-0.3, -0.25) is 4.90 Å². The number of carbonyl (C=O) groups is 1. The zero-order valence-electron chi connectivity index (χ0n) is 20.9. The fraction of sp³-hybridized carbons (Fsp3) is 0.346. The van der Waals surface area contributed by atoms with Crippen LogP contribution in [0.15, 0.2) is 42.7 Å². The second-order valence-electron chi connectivity index (χ2n) is 9.76.